The molecule has 0 saturated heterocycles. The van der Waals surface area contributed by atoms with Gasteiger partial charge in [0.15, 0.2) is 0 Å². The second-order valence-corrected chi connectivity index (χ2v) is 5.36. The number of thioether (sulfide) groups is 1. The molecule has 0 aliphatic rings. The molecule has 0 aliphatic heterocycles. The minimum atomic E-state index is 0.0468. The van der Waals surface area contributed by atoms with Crippen LogP contribution in [0.25, 0.3) is 0 Å². The van der Waals surface area contributed by atoms with Gasteiger partial charge in [-0.05, 0) is 31.4 Å². The number of aryl methyl sites for hydroxylation is 2. The first kappa shape index (κ1) is 12.1. The van der Waals surface area contributed by atoms with Crippen molar-refractivity contribution in [2.45, 2.75) is 37.8 Å². The second-order valence-electron chi connectivity index (χ2n) is 4.18. The van der Waals surface area contributed by atoms with Gasteiger partial charge in [-0.25, -0.2) is 0 Å². The highest BCUT2D eigenvalue weighted by atomic mass is 32.2. The van der Waals surface area contributed by atoms with Gasteiger partial charge in [-0.15, -0.1) is 11.8 Å². The highest BCUT2D eigenvalue weighted by Crippen LogP contribution is 2.30. The molecule has 0 bridgehead atoms. The zero-order valence-electron chi connectivity index (χ0n) is 9.74. The fourth-order valence-electron chi connectivity index (χ4n) is 1.28. The van der Waals surface area contributed by atoms with E-state index in [4.69, 9.17) is 5.26 Å². The molecule has 15 heavy (non-hydrogen) atoms. The third kappa shape index (κ3) is 3.28. The van der Waals surface area contributed by atoms with E-state index < -0.39 is 0 Å². The summed E-state index contributed by atoms with van der Waals surface area (Å²) in [6.45, 7) is 8.36. The van der Waals surface area contributed by atoms with Crippen molar-refractivity contribution < 1.29 is 0 Å². The maximum absolute atomic E-state index is 9.05. The lowest BCUT2D eigenvalue weighted by Gasteiger charge is -2.14. The summed E-state index contributed by atoms with van der Waals surface area (Å²) in [5.41, 5.74) is 2.51. The summed E-state index contributed by atoms with van der Waals surface area (Å²) in [5.74, 6) is 0.389. The fraction of sp³-hybridized carbons (Fsp3) is 0.462. The van der Waals surface area contributed by atoms with E-state index >= 15 is 0 Å². The van der Waals surface area contributed by atoms with Crippen LogP contribution in [0.4, 0.5) is 0 Å². The van der Waals surface area contributed by atoms with Crippen LogP contribution in [0.1, 0.15) is 25.0 Å². The van der Waals surface area contributed by atoms with Crippen LogP contribution in [0.3, 0.4) is 0 Å². The molecule has 0 aliphatic carbocycles. The zero-order valence-corrected chi connectivity index (χ0v) is 10.6. The summed E-state index contributed by atoms with van der Waals surface area (Å²) in [6, 6.07) is 8.74. The van der Waals surface area contributed by atoms with Crippen LogP contribution < -0.4 is 0 Å². The molecule has 1 aromatic carbocycles. The van der Waals surface area contributed by atoms with Gasteiger partial charge in [-0.1, -0.05) is 31.5 Å². The van der Waals surface area contributed by atoms with Gasteiger partial charge in [-0.2, -0.15) is 5.26 Å². The van der Waals surface area contributed by atoms with Crippen molar-refractivity contribution in [1.82, 2.24) is 0 Å². The largest absolute Gasteiger partial charge is 0.197 e. The first-order chi connectivity index (χ1) is 7.04. The van der Waals surface area contributed by atoms with Gasteiger partial charge in [0.25, 0.3) is 0 Å². The van der Waals surface area contributed by atoms with Crippen LogP contribution in [-0.2, 0) is 0 Å². The number of benzene rings is 1. The summed E-state index contributed by atoms with van der Waals surface area (Å²) in [4.78, 5) is 1.23. The van der Waals surface area contributed by atoms with Crippen molar-refractivity contribution >= 4 is 11.8 Å². The number of hydrogen-bond donors (Lipinski definition) is 0. The average Bonchev–Trinajstić information content (AvgIpc) is 2.18. The topological polar surface area (TPSA) is 23.8 Å². The molecule has 0 saturated carbocycles. The van der Waals surface area contributed by atoms with E-state index in [-0.39, 0.29) is 5.25 Å². The lowest BCUT2D eigenvalue weighted by Crippen LogP contribution is -2.08. The zero-order chi connectivity index (χ0) is 11.4. The van der Waals surface area contributed by atoms with Crippen LogP contribution >= 0.6 is 11.8 Å². The number of nitrogens with zero attached hydrogens (tertiary/aromatic N) is 1. The molecule has 80 valence electrons. The lowest BCUT2D eigenvalue weighted by atomic mass is 10.1. The Kier molecular flexibility index (Phi) is 4.23. The Morgan fingerprint density at radius 1 is 1.27 bits per heavy atom. The molecule has 0 heterocycles. The number of nitriles is 1. The smallest absolute Gasteiger partial charge is 0.0986 e. The Morgan fingerprint density at radius 3 is 2.47 bits per heavy atom. The van der Waals surface area contributed by atoms with E-state index in [0.29, 0.717) is 5.92 Å². The Hall–Kier alpha value is -0.940. The van der Waals surface area contributed by atoms with Crippen LogP contribution in [-0.4, -0.2) is 5.25 Å². The summed E-state index contributed by atoms with van der Waals surface area (Å²) < 4.78 is 0. The Balaban J connectivity index is 2.89. The molecule has 1 aromatic rings. The van der Waals surface area contributed by atoms with Crippen LogP contribution in [0, 0.1) is 31.1 Å². The minimum Gasteiger partial charge on any atom is -0.197 e. The van der Waals surface area contributed by atoms with Crippen molar-refractivity contribution in [3.8, 4) is 6.07 Å². The maximum atomic E-state index is 9.05. The molecular formula is C13H17NS. The molecule has 0 amide bonds. The summed E-state index contributed by atoms with van der Waals surface area (Å²) in [7, 11) is 0. The number of rotatable bonds is 3. The van der Waals surface area contributed by atoms with Gasteiger partial charge in [-0.3, -0.25) is 0 Å². The van der Waals surface area contributed by atoms with E-state index in [1.54, 1.807) is 11.8 Å². The molecule has 1 atom stereocenters. The lowest BCUT2D eigenvalue weighted by molar-refractivity contribution is 0.685. The van der Waals surface area contributed by atoms with Gasteiger partial charge in [0.05, 0.1) is 11.3 Å². The molecule has 1 unspecified atom stereocenters. The van der Waals surface area contributed by atoms with E-state index in [2.05, 4.69) is 52.0 Å². The van der Waals surface area contributed by atoms with E-state index in [1.165, 1.54) is 16.0 Å². The third-order valence-corrected chi connectivity index (χ3v) is 3.93. The third-order valence-electron chi connectivity index (χ3n) is 2.33. The predicted molar refractivity (Wildman–Crippen MR) is 66.0 cm³/mol. The molecule has 0 aromatic heterocycles. The SMILES string of the molecule is Cc1ccc(C)c(SC(C#N)C(C)C)c1. The quantitative estimate of drug-likeness (QED) is 0.719. The van der Waals surface area contributed by atoms with Crippen LogP contribution in [0.5, 0.6) is 0 Å². The molecular weight excluding hydrogens is 202 g/mol. The van der Waals surface area contributed by atoms with Crippen molar-refractivity contribution in [3.63, 3.8) is 0 Å². The first-order valence-electron chi connectivity index (χ1n) is 5.18. The van der Waals surface area contributed by atoms with Crippen molar-refractivity contribution in [3.05, 3.63) is 29.3 Å². The standard InChI is InChI=1S/C13H17NS/c1-9(2)13(8-14)15-12-7-10(3)5-6-11(12)4/h5-7,9,13H,1-4H3. The second kappa shape index (κ2) is 5.23. The van der Waals surface area contributed by atoms with Crippen molar-refractivity contribution in [1.29, 1.82) is 5.26 Å². The summed E-state index contributed by atoms with van der Waals surface area (Å²) in [6.07, 6.45) is 0. The van der Waals surface area contributed by atoms with Crippen LogP contribution in [0.2, 0.25) is 0 Å². The predicted octanol–water partition coefficient (Wildman–Crippen LogP) is 3.94. The Labute approximate surface area is 96.5 Å². The normalized spacial score (nSPS) is 12.5. The van der Waals surface area contributed by atoms with Crippen molar-refractivity contribution in [2.75, 3.05) is 0 Å². The molecule has 0 spiro atoms. The molecule has 1 rings (SSSR count). The monoisotopic (exact) mass is 219 g/mol. The Morgan fingerprint density at radius 2 is 1.93 bits per heavy atom. The van der Waals surface area contributed by atoms with Crippen molar-refractivity contribution in [2.24, 2.45) is 5.92 Å². The number of hydrogen-bond acceptors (Lipinski definition) is 2. The van der Waals surface area contributed by atoms with Crippen LogP contribution in [0.15, 0.2) is 23.1 Å². The Bertz CT molecular complexity index is 377. The highest BCUT2D eigenvalue weighted by Gasteiger charge is 2.14. The van der Waals surface area contributed by atoms with Gasteiger partial charge in [0.1, 0.15) is 0 Å². The van der Waals surface area contributed by atoms with Gasteiger partial charge >= 0.3 is 0 Å². The summed E-state index contributed by atoms with van der Waals surface area (Å²) >= 11 is 1.68. The first-order valence-corrected chi connectivity index (χ1v) is 6.06. The average molecular weight is 219 g/mol. The molecule has 1 nitrogen and oxygen atoms in total. The van der Waals surface area contributed by atoms with E-state index in [1.807, 2.05) is 0 Å². The van der Waals surface area contributed by atoms with Gasteiger partial charge in [0.2, 0.25) is 0 Å². The van der Waals surface area contributed by atoms with E-state index in [9.17, 15) is 0 Å². The van der Waals surface area contributed by atoms with E-state index in [0.717, 1.165) is 0 Å². The minimum absolute atomic E-state index is 0.0468. The summed E-state index contributed by atoms with van der Waals surface area (Å²) in [5, 5.41) is 9.09. The molecule has 0 fully saturated rings. The van der Waals surface area contributed by atoms with Gasteiger partial charge in [0, 0.05) is 4.90 Å². The van der Waals surface area contributed by atoms with Gasteiger partial charge < -0.3 is 0 Å². The fourth-order valence-corrected chi connectivity index (χ4v) is 2.39. The molecule has 2 heteroatoms. The highest BCUT2D eigenvalue weighted by molar-refractivity contribution is 8.00. The molecule has 0 N–H and O–H groups in total. The molecule has 0 radical (unpaired) electrons. The maximum Gasteiger partial charge on any atom is 0.0986 e.